The predicted octanol–water partition coefficient (Wildman–Crippen LogP) is 3.94. The van der Waals surface area contributed by atoms with Crippen LogP contribution in [0.25, 0.3) is 22.4 Å². The van der Waals surface area contributed by atoms with Gasteiger partial charge in [0.15, 0.2) is 0 Å². The van der Waals surface area contributed by atoms with Crippen molar-refractivity contribution in [3.8, 4) is 11.4 Å². The van der Waals surface area contributed by atoms with Gasteiger partial charge in [-0.05, 0) is 63.4 Å². The monoisotopic (exact) mass is 393 g/mol. The molecule has 0 bridgehead atoms. The lowest BCUT2D eigenvalue weighted by molar-refractivity contribution is 0.130. The summed E-state index contributed by atoms with van der Waals surface area (Å²) in [6.45, 7) is 7.92. The number of carbonyl (C=O) groups excluding carboxylic acids is 1. The van der Waals surface area contributed by atoms with Gasteiger partial charge in [-0.25, -0.2) is 9.78 Å². The minimum Gasteiger partial charge on any atom is -0.447 e. The number of hydrogen-bond donors (Lipinski definition) is 2. The molecule has 7 heteroatoms. The van der Waals surface area contributed by atoms with E-state index in [1.165, 1.54) is 5.69 Å². The van der Waals surface area contributed by atoms with Crippen LogP contribution in [0.2, 0.25) is 0 Å². The second kappa shape index (κ2) is 8.13. The number of imidazole rings is 1. The largest absolute Gasteiger partial charge is 0.447 e. The molecule has 0 saturated carbocycles. The van der Waals surface area contributed by atoms with Crippen molar-refractivity contribution in [3.63, 3.8) is 0 Å². The quantitative estimate of drug-likeness (QED) is 0.702. The van der Waals surface area contributed by atoms with Crippen molar-refractivity contribution in [1.82, 2.24) is 14.9 Å². The lowest BCUT2D eigenvalue weighted by Crippen LogP contribution is -2.44. The molecule has 4 rings (SSSR count). The van der Waals surface area contributed by atoms with Crippen molar-refractivity contribution >= 4 is 28.5 Å². The highest BCUT2D eigenvalue weighted by molar-refractivity contribution is 5.89. The van der Waals surface area contributed by atoms with E-state index >= 15 is 0 Å². The number of piperazine rings is 1. The van der Waals surface area contributed by atoms with Gasteiger partial charge in [0.2, 0.25) is 0 Å². The normalized spacial score (nSPS) is 15.1. The van der Waals surface area contributed by atoms with Gasteiger partial charge in [0.25, 0.3) is 0 Å². The van der Waals surface area contributed by atoms with Gasteiger partial charge in [-0.2, -0.15) is 0 Å². The Morgan fingerprint density at radius 3 is 2.52 bits per heavy atom. The van der Waals surface area contributed by atoms with E-state index in [1.54, 1.807) is 0 Å². The molecule has 0 aliphatic carbocycles. The number of rotatable bonds is 4. The zero-order chi connectivity index (χ0) is 20.4. The fourth-order valence-corrected chi connectivity index (χ4v) is 3.48. The molecule has 1 aliphatic rings. The molecule has 1 aromatic heterocycles. The average molecular weight is 393 g/mol. The number of anilines is 2. The SMILES string of the molecule is CC(C)OC(=O)Nc1ccc2[nH]c(-c3ccc(N4CCN(C)CC4)cc3)nc2c1. The number of aromatic amines is 1. The van der Waals surface area contributed by atoms with Crippen LogP contribution in [0.1, 0.15) is 13.8 Å². The topological polar surface area (TPSA) is 73.5 Å². The molecule has 7 nitrogen and oxygen atoms in total. The molecule has 0 spiro atoms. The number of H-pyrrole nitrogens is 1. The third kappa shape index (κ3) is 4.51. The summed E-state index contributed by atoms with van der Waals surface area (Å²) >= 11 is 0. The van der Waals surface area contributed by atoms with Gasteiger partial charge in [0.1, 0.15) is 5.82 Å². The summed E-state index contributed by atoms with van der Waals surface area (Å²) in [7, 11) is 2.16. The maximum Gasteiger partial charge on any atom is 0.411 e. The Balaban J connectivity index is 1.49. The third-order valence-corrected chi connectivity index (χ3v) is 5.08. The van der Waals surface area contributed by atoms with Crippen LogP contribution in [0.5, 0.6) is 0 Å². The van der Waals surface area contributed by atoms with Crippen LogP contribution in [0.15, 0.2) is 42.5 Å². The molecule has 1 amide bonds. The lowest BCUT2D eigenvalue weighted by Gasteiger charge is -2.34. The van der Waals surface area contributed by atoms with Gasteiger partial charge in [0.05, 0.1) is 17.1 Å². The van der Waals surface area contributed by atoms with Gasteiger partial charge < -0.3 is 19.5 Å². The van der Waals surface area contributed by atoms with Crippen LogP contribution >= 0.6 is 0 Å². The molecule has 0 unspecified atom stereocenters. The zero-order valence-electron chi connectivity index (χ0n) is 17.1. The first-order chi connectivity index (χ1) is 14.0. The summed E-state index contributed by atoms with van der Waals surface area (Å²) in [5.41, 5.74) is 4.66. The summed E-state index contributed by atoms with van der Waals surface area (Å²) < 4.78 is 5.12. The Bertz CT molecular complexity index is 988. The van der Waals surface area contributed by atoms with Crippen molar-refractivity contribution < 1.29 is 9.53 Å². The number of nitrogens with one attached hydrogen (secondary N) is 2. The first-order valence-electron chi connectivity index (χ1n) is 9.99. The molecule has 152 valence electrons. The van der Waals surface area contributed by atoms with E-state index in [1.807, 2.05) is 32.0 Å². The van der Waals surface area contributed by atoms with E-state index in [9.17, 15) is 4.79 Å². The van der Waals surface area contributed by atoms with Crippen molar-refractivity contribution in [2.24, 2.45) is 0 Å². The molecule has 2 aromatic carbocycles. The summed E-state index contributed by atoms with van der Waals surface area (Å²) in [5, 5.41) is 2.74. The Kier molecular flexibility index (Phi) is 5.40. The lowest BCUT2D eigenvalue weighted by atomic mass is 10.1. The number of nitrogens with zero attached hydrogens (tertiary/aromatic N) is 3. The van der Waals surface area contributed by atoms with Crippen LogP contribution in [-0.4, -0.2) is 60.3 Å². The number of aromatic nitrogens is 2. The minimum atomic E-state index is -0.463. The molecular weight excluding hydrogens is 366 g/mol. The van der Waals surface area contributed by atoms with Gasteiger partial charge in [0, 0.05) is 43.1 Å². The number of hydrogen-bond acceptors (Lipinski definition) is 5. The Labute approximate surface area is 170 Å². The predicted molar refractivity (Wildman–Crippen MR) is 116 cm³/mol. The minimum absolute atomic E-state index is 0.162. The molecule has 0 radical (unpaired) electrons. The summed E-state index contributed by atoms with van der Waals surface area (Å²) in [6.07, 6.45) is -0.626. The highest BCUT2D eigenvalue weighted by Gasteiger charge is 2.15. The fourth-order valence-electron chi connectivity index (χ4n) is 3.48. The Morgan fingerprint density at radius 2 is 1.83 bits per heavy atom. The van der Waals surface area contributed by atoms with Gasteiger partial charge in [-0.3, -0.25) is 5.32 Å². The Hall–Kier alpha value is -3.06. The molecular formula is C22H27N5O2. The fraction of sp³-hybridized carbons (Fsp3) is 0.364. The summed E-state index contributed by atoms with van der Waals surface area (Å²) in [6, 6.07) is 14.1. The maximum atomic E-state index is 11.8. The number of benzene rings is 2. The van der Waals surface area contributed by atoms with E-state index in [0.717, 1.165) is 48.6 Å². The molecule has 1 fully saturated rings. The smallest absolute Gasteiger partial charge is 0.411 e. The molecule has 1 saturated heterocycles. The van der Waals surface area contributed by atoms with Gasteiger partial charge >= 0.3 is 6.09 Å². The van der Waals surface area contributed by atoms with Crippen molar-refractivity contribution in [2.75, 3.05) is 43.4 Å². The van der Waals surface area contributed by atoms with E-state index in [-0.39, 0.29) is 6.10 Å². The van der Waals surface area contributed by atoms with Gasteiger partial charge in [-0.15, -0.1) is 0 Å². The molecule has 0 atom stereocenters. The number of carbonyl (C=O) groups is 1. The average Bonchev–Trinajstić information content (AvgIpc) is 3.11. The number of likely N-dealkylation sites (N-methyl/N-ethyl adjacent to an activating group) is 1. The molecule has 2 heterocycles. The van der Waals surface area contributed by atoms with E-state index in [2.05, 4.69) is 51.4 Å². The summed E-state index contributed by atoms with van der Waals surface area (Å²) in [4.78, 5) is 24.6. The number of fused-ring (bicyclic) bond motifs is 1. The van der Waals surface area contributed by atoms with Crippen molar-refractivity contribution in [3.05, 3.63) is 42.5 Å². The summed E-state index contributed by atoms with van der Waals surface area (Å²) in [5.74, 6) is 0.812. The first kappa shape index (κ1) is 19.3. The highest BCUT2D eigenvalue weighted by Crippen LogP contribution is 2.25. The van der Waals surface area contributed by atoms with E-state index in [0.29, 0.717) is 5.69 Å². The van der Waals surface area contributed by atoms with Crippen LogP contribution < -0.4 is 10.2 Å². The van der Waals surface area contributed by atoms with Gasteiger partial charge in [-0.1, -0.05) is 0 Å². The molecule has 2 N–H and O–H groups in total. The highest BCUT2D eigenvalue weighted by atomic mass is 16.6. The van der Waals surface area contributed by atoms with Crippen LogP contribution in [0.4, 0.5) is 16.2 Å². The van der Waals surface area contributed by atoms with Crippen LogP contribution in [0.3, 0.4) is 0 Å². The molecule has 3 aromatic rings. The van der Waals surface area contributed by atoms with Crippen LogP contribution in [0, 0.1) is 0 Å². The second-order valence-corrected chi connectivity index (χ2v) is 7.73. The zero-order valence-corrected chi connectivity index (χ0v) is 17.1. The molecule has 1 aliphatic heterocycles. The van der Waals surface area contributed by atoms with Crippen LogP contribution in [-0.2, 0) is 4.74 Å². The Morgan fingerprint density at radius 1 is 1.10 bits per heavy atom. The first-order valence-corrected chi connectivity index (χ1v) is 9.99. The third-order valence-electron chi connectivity index (χ3n) is 5.08. The van der Waals surface area contributed by atoms with Crippen molar-refractivity contribution in [1.29, 1.82) is 0 Å². The van der Waals surface area contributed by atoms with E-state index < -0.39 is 6.09 Å². The molecule has 29 heavy (non-hydrogen) atoms. The number of ether oxygens (including phenoxy) is 1. The standard InChI is InChI=1S/C22H27N5O2/c1-15(2)29-22(28)23-17-6-9-19-20(14-17)25-21(24-19)16-4-7-18(8-5-16)27-12-10-26(3)11-13-27/h4-9,14-15H,10-13H2,1-3H3,(H,23,28)(H,24,25). The maximum absolute atomic E-state index is 11.8. The number of amides is 1. The van der Waals surface area contributed by atoms with Crippen molar-refractivity contribution in [2.45, 2.75) is 20.0 Å². The second-order valence-electron chi connectivity index (χ2n) is 7.73. The van der Waals surface area contributed by atoms with E-state index in [4.69, 9.17) is 9.72 Å².